The van der Waals surface area contributed by atoms with Crippen molar-refractivity contribution in [3.05, 3.63) is 161 Å². The molecule has 0 aromatic heterocycles. The Morgan fingerprint density at radius 3 is 1.35 bits per heavy atom. The number of carboxylic acid groups (broad SMARTS) is 2. The molecular weight excluding hydrogens is 1430 g/mol. The maximum absolute atomic E-state index is 14.8. The number of nitrogens with one attached hydrogen (secondary N) is 11. The van der Waals surface area contributed by atoms with Crippen LogP contribution in [-0.2, 0) is 99.2 Å². The topological polar surface area (TPSA) is 548 Å². The molecule has 0 saturated carbocycles. The van der Waals surface area contributed by atoms with Gasteiger partial charge in [0.05, 0.1) is 32.2 Å². The first-order chi connectivity index (χ1) is 52.4. The number of amides is 12. The molecule has 6 rings (SSSR count). The molecule has 1 heterocycles. The summed E-state index contributed by atoms with van der Waals surface area (Å²) in [6.45, 7) is 2.25. The van der Waals surface area contributed by atoms with Gasteiger partial charge in [-0.3, -0.25) is 62.3 Å². The number of phenolic OH excluding ortho intramolecular Hbond substituents is 3. The van der Waals surface area contributed by atoms with Crippen LogP contribution in [0, 0.1) is 5.92 Å². The van der Waals surface area contributed by atoms with Gasteiger partial charge in [0.1, 0.15) is 77.7 Å². The second kappa shape index (κ2) is 43.7. The first-order valence-corrected chi connectivity index (χ1v) is 36.0. The van der Waals surface area contributed by atoms with Crippen molar-refractivity contribution in [3.8, 4) is 17.2 Å². The number of nitrogens with zero attached hydrogens (tertiary/aromatic N) is 1. The number of likely N-dealkylation sites (tertiary alicyclic amines) is 1. The summed E-state index contributed by atoms with van der Waals surface area (Å²) in [5.74, 6) is -15.0. The third-order valence-electron chi connectivity index (χ3n) is 18.2. The van der Waals surface area contributed by atoms with E-state index >= 15 is 0 Å². The second-order valence-corrected chi connectivity index (χ2v) is 26.8. The Morgan fingerprint density at radius 1 is 0.464 bits per heavy atom. The van der Waals surface area contributed by atoms with Crippen LogP contribution >= 0.6 is 0 Å². The molecule has 592 valence electrons. The number of aliphatic hydroxyl groups is 1. The summed E-state index contributed by atoms with van der Waals surface area (Å²) in [4.78, 5) is 193. The van der Waals surface area contributed by atoms with E-state index in [1.54, 1.807) is 86.6 Å². The van der Waals surface area contributed by atoms with Crippen LogP contribution in [0.1, 0.15) is 93.5 Å². The van der Waals surface area contributed by atoms with Gasteiger partial charge in [-0.1, -0.05) is 117 Å². The summed E-state index contributed by atoms with van der Waals surface area (Å²) in [5.41, 5.74) is 14.6. The van der Waals surface area contributed by atoms with Crippen LogP contribution in [0.3, 0.4) is 0 Å². The molecule has 34 heteroatoms. The quantitative estimate of drug-likeness (QED) is 0.0187. The molecule has 34 nitrogen and oxygen atoms in total. The van der Waals surface area contributed by atoms with Crippen molar-refractivity contribution >= 4 is 82.8 Å². The highest BCUT2D eigenvalue weighted by atomic mass is 16.4. The predicted octanol–water partition coefficient (Wildman–Crippen LogP) is -2.02. The van der Waals surface area contributed by atoms with E-state index in [1.807, 2.05) is 0 Å². The molecule has 12 atom stereocenters. The van der Waals surface area contributed by atoms with Gasteiger partial charge in [0.15, 0.2) is 0 Å². The third kappa shape index (κ3) is 28.3. The Kier molecular flexibility index (Phi) is 34.5. The van der Waals surface area contributed by atoms with E-state index in [-0.39, 0.29) is 81.7 Å². The van der Waals surface area contributed by atoms with Crippen molar-refractivity contribution in [2.45, 2.75) is 164 Å². The maximum atomic E-state index is 14.8. The summed E-state index contributed by atoms with van der Waals surface area (Å²) >= 11 is 0. The Labute approximate surface area is 634 Å². The highest BCUT2D eigenvalue weighted by Crippen LogP contribution is 2.22. The molecule has 12 amide bonds. The van der Waals surface area contributed by atoms with Crippen LogP contribution in [0.5, 0.6) is 17.2 Å². The zero-order chi connectivity index (χ0) is 80.6. The normalized spacial score (nSPS) is 15.4. The Morgan fingerprint density at radius 2 is 0.882 bits per heavy atom. The van der Waals surface area contributed by atoms with Gasteiger partial charge < -0.3 is 105 Å². The van der Waals surface area contributed by atoms with E-state index in [1.165, 1.54) is 65.6 Å². The first-order valence-electron chi connectivity index (χ1n) is 36.0. The molecule has 1 aliphatic heterocycles. The van der Waals surface area contributed by atoms with Crippen LogP contribution in [0.15, 0.2) is 133 Å². The van der Waals surface area contributed by atoms with Crippen LogP contribution in [0.4, 0.5) is 0 Å². The van der Waals surface area contributed by atoms with E-state index in [9.17, 15) is 97.8 Å². The first kappa shape index (κ1) is 86.9. The average Bonchev–Trinajstić information content (AvgIpc) is 1.60. The van der Waals surface area contributed by atoms with Gasteiger partial charge in [-0.2, -0.15) is 0 Å². The van der Waals surface area contributed by atoms with Crippen LogP contribution in [0.25, 0.3) is 0 Å². The standard InChI is InChI=1S/C76H98N14O20/c1-4-43(2)65(89-71(104)58(36-46-16-9-6-10-17-46)86-69(102)57(35-45-14-7-5-8-15-45)87-73(106)61-19-13-33-90(61)75(108)53(78)34-47-20-26-50(92)27-21-47)74(107)88-60(42-91)72(105)84-55(37-48-22-28-51(93)29-23-48)67(100)80-40-62(95)79-41-63(96)81-44(3)66(99)83-59(39-64(97)98)70(103)85-56(38-49-24-30-52(94)31-25-49)68(101)82-54(76(109)110)18-11-12-32-77/h5-10,14-17,20-31,43-44,53-61,65,91-94H,4,11-13,18-19,32-42,77-78H2,1-3H3,(H,79,95)(H,80,100)(H,81,96)(H,82,101)(H,83,99)(H,84,105)(H,85,103)(H,86,102)(H,87,106)(H,88,107)(H,89,104)(H,97,98)(H,109,110)/t43-,44-,53-,54-,55-,56-,57-,58-,59-,60-,61-,65-/m0/s1. The monoisotopic (exact) mass is 1530 g/mol. The minimum Gasteiger partial charge on any atom is -0.508 e. The fourth-order valence-corrected chi connectivity index (χ4v) is 11.9. The van der Waals surface area contributed by atoms with Gasteiger partial charge >= 0.3 is 11.9 Å². The summed E-state index contributed by atoms with van der Waals surface area (Å²) in [7, 11) is 0. The molecule has 0 spiro atoms. The number of aromatic hydroxyl groups is 3. The molecule has 5 aromatic carbocycles. The minimum absolute atomic E-state index is 0.0200. The maximum Gasteiger partial charge on any atom is 0.326 e. The number of hydrogen-bond acceptors (Lipinski definition) is 20. The van der Waals surface area contributed by atoms with Gasteiger partial charge in [0, 0.05) is 32.2 Å². The molecule has 1 aliphatic rings. The molecule has 0 aliphatic carbocycles. The smallest absolute Gasteiger partial charge is 0.326 e. The third-order valence-corrected chi connectivity index (χ3v) is 18.2. The molecule has 1 fully saturated rings. The van der Waals surface area contributed by atoms with E-state index in [4.69, 9.17) is 11.5 Å². The molecule has 0 unspecified atom stereocenters. The lowest BCUT2D eigenvalue weighted by Gasteiger charge is -2.30. The van der Waals surface area contributed by atoms with E-state index < -0.39 is 181 Å². The summed E-state index contributed by atoms with van der Waals surface area (Å²) in [6.07, 6.45) is 0.0253. The number of carbonyl (C=O) groups excluding carboxylic acids is 12. The van der Waals surface area contributed by atoms with Gasteiger partial charge in [-0.25, -0.2) is 4.79 Å². The molecular formula is C76H98N14O20. The van der Waals surface area contributed by atoms with Gasteiger partial charge in [-0.15, -0.1) is 0 Å². The Hall–Kier alpha value is -12.0. The SMILES string of the molecule is CC[C@H](C)[C@H](NC(=O)[C@H](Cc1ccccc1)NC(=O)[C@H](Cc1ccccc1)NC(=O)[C@@H]1CCCN1C(=O)[C@@H](N)Cc1ccc(O)cc1)C(=O)N[C@@H](CO)C(=O)N[C@@H](Cc1ccc(O)cc1)C(=O)NCC(=O)NCC(=O)N[C@@H](C)C(=O)N[C@@H](CC(=O)O)C(=O)N[C@@H](Cc1ccc(O)cc1)C(=O)N[C@@H](CCCCN)C(=O)O. The van der Waals surface area contributed by atoms with Crippen molar-refractivity contribution < 1.29 is 97.8 Å². The minimum atomic E-state index is -1.88. The van der Waals surface area contributed by atoms with Gasteiger partial charge in [-0.05, 0) is 122 Å². The zero-order valence-electron chi connectivity index (χ0n) is 61.2. The lowest BCUT2D eigenvalue weighted by molar-refractivity contribution is -0.143. The fraction of sp³-hybridized carbons (Fsp3) is 0.421. The number of aliphatic hydroxyl groups excluding tert-OH is 1. The zero-order valence-corrected chi connectivity index (χ0v) is 61.2. The fourth-order valence-electron chi connectivity index (χ4n) is 11.9. The number of phenols is 3. The van der Waals surface area contributed by atoms with Crippen molar-refractivity contribution in [2.24, 2.45) is 17.4 Å². The van der Waals surface area contributed by atoms with Crippen molar-refractivity contribution in [2.75, 3.05) is 32.8 Å². The van der Waals surface area contributed by atoms with Gasteiger partial charge in [0.25, 0.3) is 0 Å². The summed E-state index contributed by atoms with van der Waals surface area (Å²) < 4.78 is 0. The number of carboxylic acids is 2. The predicted molar refractivity (Wildman–Crippen MR) is 397 cm³/mol. The van der Waals surface area contributed by atoms with Crippen LogP contribution < -0.4 is 70.0 Å². The molecule has 21 N–H and O–H groups in total. The highest BCUT2D eigenvalue weighted by Gasteiger charge is 2.40. The number of hydrogen-bond donors (Lipinski definition) is 19. The van der Waals surface area contributed by atoms with Gasteiger partial charge in [0.2, 0.25) is 70.9 Å². The van der Waals surface area contributed by atoms with Crippen LogP contribution in [-0.4, -0.2) is 218 Å². The number of benzene rings is 5. The number of aliphatic carboxylic acids is 2. The number of carbonyl (C=O) groups is 14. The van der Waals surface area contributed by atoms with E-state index in [2.05, 4.69) is 58.5 Å². The summed E-state index contributed by atoms with van der Waals surface area (Å²) in [5, 5.41) is 86.8. The summed E-state index contributed by atoms with van der Waals surface area (Å²) in [6, 6.07) is 18.4. The van der Waals surface area contributed by atoms with Crippen molar-refractivity contribution in [3.63, 3.8) is 0 Å². The van der Waals surface area contributed by atoms with Crippen molar-refractivity contribution in [1.29, 1.82) is 0 Å². The van der Waals surface area contributed by atoms with E-state index in [0.29, 0.717) is 47.1 Å². The lowest BCUT2D eigenvalue weighted by atomic mass is 9.96. The van der Waals surface area contributed by atoms with Crippen molar-refractivity contribution in [1.82, 2.24) is 63.4 Å². The molecule has 0 bridgehead atoms. The lowest BCUT2D eigenvalue weighted by Crippen LogP contribution is -2.62. The Bertz CT molecular complexity index is 3970. The average molecular weight is 1530 g/mol. The molecule has 0 radical (unpaired) electrons. The molecule has 1 saturated heterocycles. The second-order valence-electron chi connectivity index (χ2n) is 26.8. The Balaban J connectivity index is 1.09. The number of nitrogens with two attached hydrogens (primary N) is 2. The van der Waals surface area contributed by atoms with Crippen LogP contribution in [0.2, 0.25) is 0 Å². The van der Waals surface area contributed by atoms with E-state index in [0.717, 1.165) is 6.92 Å². The largest absolute Gasteiger partial charge is 0.508 e. The molecule has 110 heavy (non-hydrogen) atoms. The number of rotatable bonds is 43. The number of unbranched alkanes of at least 4 members (excludes halogenated alkanes) is 1. The highest BCUT2D eigenvalue weighted by molar-refractivity contribution is 6.00. The molecule has 5 aromatic rings.